The van der Waals surface area contributed by atoms with Crippen molar-refractivity contribution < 1.29 is 33.8 Å². The summed E-state index contributed by atoms with van der Waals surface area (Å²) in [5.41, 5.74) is -0.674. The van der Waals surface area contributed by atoms with Crippen LogP contribution in [0.5, 0.6) is 11.5 Å². The molecule has 10 heteroatoms. The van der Waals surface area contributed by atoms with Gasteiger partial charge in [0.25, 0.3) is 5.69 Å². The van der Waals surface area contributed by atoms with Gasteiger partial charge in [0, 0.05) is 32.0 Å². The van der Waals surface area contributed by atoms with Crippen LogP contribution in [0, 0.1) is 10.1 Å². The molecule has 0 aliphatic carbocycles. The molecule has 1 saturated heterocycles. The molecule has 0 unspecified atom stereocenters. The number of carbonyl (C=O) groups is 2. The summed E-state index contributed by atoms with van der Waals surface area (Å²) in [4.78, 5) is 34.7. The van der Waals surface area contributed by atoms with Crippen LogP contribution >= 0.6 is 0 Å². The maximum atomic E-state index is 11.9. The monoisotopic (exact) mass is 368 g/mol. The molecule has 0 bridgehead atoms. The minimum Gasteiger partial charge on any atom is -0.490 e. The van der Waals surface area contributed by atoms with Gasteiger partial charge in [0.15, 0.2) is 11.5 Å². The number of carboxylic acid groups (broad SMARTS) is 1. The predicted molar refractivity (Wildman–Crippen MR) is 88.9 cm³/mol. The summed E-state index contributed by atoms with van der Waals surface area (Å²) in [6.45, 7) is 2.61. The first-order valence-corrected chi connectivity index (χ1v) is 8.05. The molecule has 1 amide bonds. The first-order valence-electron chi connectivity index (χ1n) is 8.05. The third-order valence-corrected chi connectivity index (χ3v) is 3.97. The molecule has 1 aromatic rings. The van der Waals surface area contributed by atoms with Crippen molar-refractivity contribution in [2.24, 2.45) is 0 Å². The highest BCUT2D eigenvalue weighted by atomic mass is 16.6. The van der Waals surface area contributed by atoms with E-state index in [1.54, 1.807) is 6.92 Å². The van der Waals surface area contributed by atoms with Crippen molar-refractivity contribution in [3.63, 3.8) is 0 Å². The van der Waals surface area contributed by atoms with Crippen LogP contribution in [0.15, 0.2) is 12.1 Å². The van der Waals surface area contributed by atoms with Crippen molar-refractivity contribution in [3.05, 3.63) is 27.8 Å². The zero-order chi connectivity index (χ0) is 19.3. The first kappa shape index (κ1) is 19.3. The number of nitro groups is 1. The fourth-order valence-corrected chi connectivity index (χ4v) is 2.68. The zero-order valence-electron chi connectivity index (χ0n) is 14.5. The normalized spacial score (nSPS) is 14.6. The summed E-state index contributed by atoms with van der Waals surface area (Å²) in [7, 11) is 1.13. The minimum atomic E-state index is -0.984. The largest absolute Gasteiger partial charge is 0.490 e. The van der Waals surface area contributed by atoms with E-state index in [1.165, 1.54) is 11.0 Å². The highest BCUT2D eigenvalue weighted by Crippen LogP contribution is 2.36. The third kappa shape index (κ3) is 4.32. The van der Waals surface area contributed by atoms with E-state index in [0.29, 0.717) is 25.9 Å². The van der Waals surface area contributed by atoms with Gasteiger partial charge in [-0.1, -0.05) is 0 Å². The Hall–Kier alpha value is -3.04. The molecule has 1 aromatic carbocycles. The number of hydrogen-bond donors (Lipinski definition) is 1. The van der Waals surface area contributed by atoms with E-state index in [4.69, 9.17) is 14.6 Å². The second-order valence-electron chi connectivity index (χ2n) is 5.58. The smallest absolute Gasteiger partial charge is 0.407 e. The number of piperidine rings is 1. The van der Waals surface area contributed by atoms with E-state index in [9.17, 15) is 19.7 Å². The van der Waals surface area contributed by atoms with Gasteiger partial charge in [0.1, 0.15) is 11.7 Å². The van der Waals surface area contributed by atoms with Crippen molar-refractivity contribution in [1.82, 2.24) is 4.90 Å². The van der Waals surface area contributed by atoms with Gasteiger partial charge in [-0.25, -0.2) is 9.59 Å². The number of nitrogens with zero attached hydrogens (tertiary/aromatic N) is 2. The Morgan fingerprint density at radius 2 is 1.96 bits per heavy atom. The summed E-state index contributed by atoms with van der Waals surface area (Å²) in [5, 5.41) is 20.2. The molecule has 0 saturated carbocycles. The molecule has 2 rings (SSSR count). The SMILES string of the molecule is CCOc1cc([N+](=O)[O-])c(C(=O)OC)cc1OC1CCN(C(=O)O)CC1. The van der Waals surface area contributed by atoms with E-state index in [-0.39, 0.29) is 29.8 Å². The van der Waals surface area contributed by atoms with Crippen LogP contribution in [0.4, 0.5) is 10.5 Å². The van der Waals surface area contributed by atoms with Crippen LogP contribution in [-0.2, 0) is 4.74 Å². The van der Waals surface area contributed by atoms with Crippen molar-refractivity contribution in [3.8, 4) is 11.5 Å². The fourth-order valence-electron chi connectivity index (χ4n) is 2.68. The molecule has 1 heterocycles. The molecule has 0 aromatic heterocycles. The first-order chi connectivity index (χ1) is 12.4. The maximum absolute atomic E-state index is 11.9. The Balaban J connectivity index is 2.29. The van der Waals surface area contributed by atoms with Crippen LogP contribution in [0.2, 0.25) is 0 Å². The number of methoxy groups -OCH3 is 1. The summed E-state index contributed by atoms with van der Waals surface area (Å²) in [6, 6.07) is 2.37. The number of hydrogen-bond acceptors (Lipinski definition) is 7. The van der Waals surface area contributed by atoms with Crippen LogP contribution < -0.4 is 9.47 Å². The van der Waals surface area contributed by atoms with Crippen molar-refractivity contribution in [1.29, 1.82) is 0 Å². The van der Waals surface area contributed by atoms with Gasteiger partial charge < -0.3 is 24.2 Å². The molecular weight excluding hydrogens is 348 g/mol. The van der Waals surface area contributed by atoms with Crippen LogP contribution in [0.3, 0.4) is 0 Å². The molecule has 142 valence electrons. The lowest BCUT2D eigenvalue weighted by Crippen LogP contribution is -2.41. The quantitative estimate of drug-likeness (QED) is 0.460. The molecule has 0 atom stereocenters. The van der Waals surface area contributed by atoms with E-state index >= 15 is 0 Å². The molecule has 1 aliphatic rings. The minimum absolute atomic E-state index is 0.146. The molecular formula is C16H20N2O8. The van der Waals surface area contributed by atoms with Crippen molar-refractivity contribution in [2.45, 2.75) is 25.9 Å². The number of likely N-dealkylation sites (tertiary alicyclic amines) is 1. The van der Waals surface area contributed by atoms with Crippen molar-refractivity contribution >= 4 is 17.7 Å². The van der Waals surface area contributed by atoms with Crippen LogP contribution in [0.25, 0.3) is 0 Å². The number of nitro benzene ring substituents is 1. The average Bonchev–Trinajstić information content (AvgIpc) is 2.62. The van der Waals surface area contributed by atoms with Gasteiger partial charge in [-0.2, -0.15) is 0 Å². The lowest BCUT2D eigenvalue weighted by atomic mass is 10.1. The Morgan fingerprint density at radius 1 is 1.31 bits per heavy atom. The van der Waals surface area contributed by atoms with E-state index in [1.807, 2.05) is 0 Å². The van der Waals surface area contributed by atoms with Gasteiger partial charge in [-0.05, 0) is 6.92 Å². The summed E-state index contributed by atoms with van der Waals surface area (Å²) >= 11 is 0. The van der Waals surface area contributed by atoms with Gasteiger partial charge in [-0.3, -0.25) is 10.1 Å². The molecule has 0 spiro atoms. The van der Waals surface area contributed by atoms with Gasteiger partial charge in [-0.15, -0.1) is 0 Å². The Labute approximate surface area is 149 Å². The third-order valence-electron chi connectivity index (χ3n) is 3.97. The lowest BCUT2D eigenvalue weighted by Gasteiger charge is -2.30. The van der Waals surface area contributed by atoms with Gasteiger partial charge in [0.2, 0.25) is 0 Å². The number of ether oxygens (including phenoxy) is 3. The topological polar surface area (TPSA) is 128 Å². The highest BCUT2D eigenvalue weighted by Gasteiger charge is 2.28. The standard InChI is InChI=1S/C16H20N2O8/c1-3-25-13-9-12(18(22)23)11(15(19)24-2)8-14(13)26-10-4-6-17(7-5-10)16(20)21/h8-10H,3-7H2,1-2H3,(H,20,21). The zero-order valence-corrected chi connectivity index (χ0v) is 14.5. The van der Waals surface area contributed by atoms with Crippen LogP contribution in [0.1, 0.15) is 30.1 Å². The van der Waals surface area contributed by atoms with E-state index in [2.05, 4.69) is 4.74 Å². The summed E-state index contributed by atoms with van der Waals surface area (Å²) < 4.78 is 15.9. The van der Waals surface area contributed by atoms with Crippen LogP contribution in [-0.4, -0.2) is 59.9 Å². The number of rotatable bonds is 6. The molecule has 1 aliphatic heterocycles. The summed E-state index contributed by atoms with van der Waals surface area (Å²) in [6.07, 6.45) is -0.358. The van der Waals surface area contributed by atoms with E-state index in [0.717, 1.165) is 13.2 Å². The number of amides is 1. The highest BCUT2D eigenvalue weighted by molar-refractivity contribution is 5.95. The molecule has 1 N–H and O–H groups in total. The maximum Gasteiger partial charge on any atom is 0.407 e. The van der Waals surface area contributed by atoms with E-state index < -0.39 is 22.7 Å². The summed E-state index contributed by atoms with van der Waals surface area (Å²) in [5.74, 6) is -0.524. The molecule has 1 fully saturated rings. The number of benzene rings is 1. The Kier molecular flexibility index (Phi) is 6.21. The van der Waals surface area contributed by atoms with Gasteiger partial charge >= 0.3 is 12.1 Å². The fraction of sp³-hybridized carbons (Fsp3) is 0.500. The second-order valence-corrected chi connectivity index (χ2v) is 5.58. The average molecular weight is 368 g/mol. The Bertz CT molecular complexity index is 698. The molecule has 0 radical (unpaired) electrons. The second kappa shape index (κ2) is 8.37. The lowest BCUT2D eigenvalue weighted by molar-refractivity contribution is -0.385. The molecule has 10 nitrogen and oxygen atoms in total. The van der Waals surface area contributed by atoms with Gasteiger partial charge in [0.05, 0.1) is 24.7 Å². The predicted octanol–water partition coefficient (Wildman–Crippen LogP) is 2.30. The Morgan fingerprint density at radius 3 is 2.46 bits per heavy atom. The number of esters is 1. The number of carbonyl (C=O) groups excluding carboxylic acids is 1. The van der Waals surface area contributed by atoms with Crippen molar-refractivity contribution in [2.75, 3.05) is 26.8 Å². The molecule has 26 heavy (non-hydrogen) atoms.